The van der Waals surface area contributed by atoms with E-state index < -0.39 is 5.97 Å². The summed E-state index contributed by atoms with van der Waals surface area (Å²) in [5.74, 6) is -0.995. The molecule has 18 heavy (non-hydrogen) atoms. The Labute approximate surface area is 108 Å². The first-order valence-electron chi connectivity index (χ1n) is 6.43. The van der Waals surface area contributed by atoms with Crippen molar-refractivity contribution in [1.82, 2.24) is 10.2 Å². The van der Waals surface area contributed by atoms with Gasteiger partial charge in [0.1, 0.15) is 0 Å². The summed E-state index contributed by atoms with van der Waals surface area (Å²) in [7, 11) is 0. The maximum atomic E-state index is 11.2. The highest BCUT2D eigenvalue weighted by atomic mass is 16.4. The van der Waals surface area contributed by atoms with Crippen molar-refractivity contribution in [2.24, 2.45) is 5.92 Å². The number of likely N-dealkylation sites (tertiary alicyclic amines) is 1. The van der Waals surface area contributed by atoms with E-state index in [1.807, 2.05) is 25.1 Å². The Morgan fingerprint density at radius 3 is 2.72 bits per heavy atom. The van der Waals surface area contributed by atoms with Crippen LogP contribution in [0.4, 0.5) is 0 Å². The second-order valence-corrected chi connectivity index (χ2v) is 4.79. The molecule has 1 aromatic carbocycles. The van der Waals surface area contributed by atoms with Crippen LogP contribution >= 0.6 is 0 Å². The SMILES string of the molecule is CCNC1CN(Cc2ccccc2)CC1C(=O)O. The molecule has 1 aliphatic rings. The molecule has 1 aromatic rings. The number of hydrogen-bond donors (Lipinski definition) is 2. The van der Waals surface area contributed by atoms with Crippen LogP contribution in [0.2, 0.25) is 0 Å². The van der Waals surface area contributed by atoms with Crippen LogP contribution in [-0.2, 0) is 11.3 Å². The summed E-state index contributed by atoms with van der Waals surface area (Å²) in [6, 6.07) is 10.3. The smallest absolute Gasteiger partial charge is 0.309 e. The third kappa shape index (κ3) is 3.09. The third-order valence-corrected chi connectivity index (χ3v) is 3.43. The van der Waals surface area contributed by atoms with Gasteiger partial charge in [-0.1, -0.05) is 37.3 Å². The highest BCUT2D eigenvalue weighted by Crippen LogP contribution is 2.19. The number of carboxylic acid groups (broad SMARTS) is 1. The molecule has 0 aromatic heterocycles. The van der Waals surface area contributed by atoms with Gasteiger partial charge >= 0.3 is 5.97 Å². The largest absolute Gasteiger partial charge is 0.481 e. The van der Waals surface area contributed by atoms with Crippen LogP contribution in [0.3, 0.4) is 0 Å². The van der Waals surface area contributed by atoms with Crippen molar-refractivity contribution in [3.05, 3.63) is 35.9 Å². The topological polar surface area (TPSA) is 52.6 Å². The lowest BCUT2D eigenvalue weighted by Crippen LogP contribution is -2.39. The number of rotatable bonds is 5. The minimum absolute atomic E-state index is 0.0659. The zero-order valence-corrected chi connectivity index (χ0v) is 10.7. The van der Waals surface area contributed by atoms with Crippen molar-refractivity contribution >= 4 is 5.97 Å². The van der Waals surface area contributed by atoms with Crippen LogP contribution in [0.1, 0.15) is 12.5 Å². The van der Waals surface area contributed by atoms with Gasteiger partial charge in [0.15, 0.2) is 0 Å². The van der Waals surface area contributed by atoms with Crippen molar-refractivity contribution in [3.8, 4) is 0 Å². The Kier molecular flexibility index (Phi) is 4.33. The first-order valence-corrected chi connectivity index (χ1v) is 6.43. The standard InChI is InChI=1S/C14H20N2O2/c1-2-15-13-10-16(9-12(13)14(17)18)8-11-6-4-3-5-7-11/h3-7,12-13,15H,2,8-10H2,1H3,(H,17,18). The fraction of sp³-hybridized carbons (Fsp3) is 0.500. The Hall–Kier alpha value is -1.39. The van der Waals surface area contributed by atoms with Gasteiger partial charge in [-0.2, -0.15) is 0 Å². The Bertz CT molecular complexity index is 394. The van der Waals surface area contributed by atoms with E-state index in [1.165, 1.54) is 5.56 Å². The van der Waals surface area contributed by atoms with Gasteiger partial charge in [-0.25, -0.2) is 0 Å². The molecule has 2 unspecified atom stereocenters. The zero-order chi connectivity index (χ0) is 13.0. The quantitative estimate of drug-likeness (QED) is 0.821. The highest BCUT2D eigenvalue weighted by Gasteiger charge is 2.36. The number of carboxylic acids is 1. The highest BCUT2D eigenvalue weighted by molar-refractivity contribution is 5.71. The second kappa shape index (κ2) is 5.98. The number of carbonyl (C=O) groups is 1. The average molecular weight is 248 g/mol. The Morgan fingerprint density at radius 1 is 1.39 bits per heavy atom. The monoisotopic (exact) mass is 248 g/mol. The van der Waals surface area contributed by atoms with Gasteiger partial charge < -0.3 is 10.4 Å². The van der Waals surface area contributed by atoms with E-state index in [2.05, 4.69) is 22.3 Å². The molecule has 0 saturated carbocycles. The zero-order valence-electron chi connectivity index (χ0n) is 10.7. The first-order chi connectivity index (χ1) is 8.70. The summed E-state index contributed by atoms with van der Waals surface area (Å²) in [6.45, 7) is 5.08. The average Bonchev–Trinajstić information content (AvgIpc) is 2.74. The van der Waals surface area contributed by atoms with E-state index in [-0.39, 0.29) is 12.0 Å². The molecule has 0 spiro atoms. The number of nitrogens with one attached hydrogen (secondary N) is 1. The maximum Gasteiger partial charge on any atom is 0.309 e. The molecular weight excluding hydrogens is 228 g/mol. The van der Waals surface area contributed by atoms with Gasteiger partial charge in [0, 0.05) is 25.7 Å². The van der Waals surface area contributed by atoms with Crippen LogP contribution in [0.15, 0.2) is 30.3 Å². The van der Waals surface area contributed by atoms with Gasteiger partial charge in [0.25, 0.3) is 0 Å². The van der Waals surface area contributed by atoms with Crippen LogP contribution in [-0.4, -0.2) is 41.7 Å². The van der Waals surface area contributed by atoms with Gasteiger partial charge in [0.2, 0.25) is 0 Å². The normalized spacial score (nSPS) is 24.3. The van der Waals surface area contributed by atoms with E-state index >= 15 is 0 Å². The molecule has 0 amide bonds. The molecule has 1 heterocycles. The number of benzene rings is 1. The van der Waals surface area contributed by atoms with Crippen molar-refractivity contribution in [1.29, 1.82) is 0 Å². The van der Waals surface area contributed by atoms with E-state index in [1.54, 1.807) is 0 Å². The maximum absolute atomic E-state index is 11.2. The number of nitrogens with zero attached hydrogens (tertiary/aromatic N) is 1. The van der Waals surface area contributed by atoms with Gasteiger partial charge in [0.05, 0.1) is 5.92 Å². The minimum Gasteiger partial charge on any atom is -0.481 e. The minimum atomic E-state index is -0.698. The summed E-state index contributed by atoms with van der Waals surface area (Å²) in [6.07, 6.45) is 0. The molecule has 0 radical (unpaired) electrons. The predicted molar refractivity (Wildman–Crippen MR) is 70.3 cm³/mol. The van der Waals surface area contributed by atoms with E-state index in [0.29, 0.717) is 6.54 Å². The Balaban J connectivity index is 1.98. The molecule has 1 fully saturated rings. The summed E-state index contributed by atoms with van der Waals surface area (Å²) in [4.78, 5) is 13.4. The molecule has 1 aliphatic heterocycles. The lowest BCUT2D eigenvalue weighted by atomic mass is 10.0. The summed E-state index contributed by atoms with van der Waals surface area (Å²) >= 11 is 0. The van der Waals surface area contributed by atoms with Crippen molar-refractivity contribution in [3.63, 3.8) is 0 Å². The molecule has 98 valence electrons. The van der Waals surface area contributed by atoms with Crippen LogP contribution in [0.5, 0.6) is 0 Å². The number of hydrogen-bond acceptors (Lipinski definition) is 3. The molecule has 4 nitrogen and oxygen atoms in total. The van der Waals surface area contributed by atoms with Crippen molar-refractivity contribution in [2.45, 2.75) is 19.5 Å². The molecule has 1 saturated heterocycles. The summed E-state index contributed by atoms with van der Waals surface area (Å²) in [5.41, 5.74) is 1.23. The van der Waals surface area contributed by atoms with Gasteiger partial charge in [-0.3, -0.25) is 9.69 Å². The number of likely N-dealkylation sites (N-methyl/N-ethyl adjacent to an activating group) is 1. The fourth-order valence-corrected chi connectivity index (χ4v) is 2.58. The molecule has 4 heteroatoms. The van der Waals surface area contributed by atoms with E-state index in [4.69, 9.17) is 0 Å². The van der Waals surface area contributed by atoms with Crippen LogP contribution < -0.4 is 5.32 Å². The van der Waals surface area contributed by atoms with E-state index in [0.717, 1.165) is 19.6 Å². The molecule has 2 atom stereocenters. The summed E-state index contributed by atoms with van der Waals surface area (Å²) in [5, 5.41) is 12.5. The Morgan fingerprint density at radius 2 is 2.11 bits per heavy atom. The lowest BCUT2D eigenvalue weighted by molar-refractivity contribution is -0.141. The van der Waals surface area contributed by atoms with Gasteiger partial charge in [-0.15, -0.1) is 0 Å². The lowest BCUT2D eigenvalue weighted by Gasteiger charge is -2.16. The third-order valence-electron chi connectivity index (χ3n) is 3.43. The molecule has 2 N–H and O–H groups in total. The van der Waals surface area contributed by atoms with Crippen LogP contribution in [0, 0.1) is 5.92 Å². The molecular formula is C14H20N2O2. The number of aliphatic carboxylic acids is 1. The summed E-state index contributed by atoms with van der Waals surface area (Å²) < 4.78 is 0. The second-order valence-electron chi connectivity index (χ2n) is 4.79. The molecule has 0 aliphatic carbocycles. The molecule has 0 bridgehead atoms. The first kappa shape index (κ1) is 13.1. The van der Waals surface area contributed by atoms with Crippen LogP contribution in [0.25, 0.3) is 0 Å². The van der Waals surface area contributed by atoms with E-state index in [9.17, 15) is 9.90 Å². The van der Waals surface area contributed by atoms with Crippen molar-refractivity contribution < 1.29 is 9.90 Å². The predicted octanol–water partition coefficient (Wildman–Crippen LogP) is 1.18. The van der Waals surface area contributed by atoms with Crippen molar-refractivity contribution in [2.75, 3.05) is 19.6 Å². The molecule has 2 rings (SSSR count). The fourth-order valence-electron chi connectivity index (χ4n) is 2.58. The van der Waals surface area contributed by atoms with Gasteiger partial charge in [-0.05, 0) is 12.1 Å².